The molecule has 2 N–H and O–H groups in total. The molecule has 1 aromatic carbocycles. The number of hydrogen-bond acceptors (Lipinski definition) is 2. The van der Waals surface area contributed by atoms with Gasteiger partial charge in [0.15, 0.2) is 0 Å². The van der Waals surface area contributed by atoms with Gasteiger partial charge in [-0.25, -0.2) is 4.79 Å². The molecule has 1 fully saturated rings. The van der Waals surface area contributed by atoms with E-state index in [0.29, 0.717) is 6.42 Å². The third kappa shape index (κ3) is 3.00. The molecule has 1 aliphatic carbocycles. The Kier molecular flexibility index (Phi) is 4.12. The summed E-state index contributed by atoms with van der Waals surface area (Å²) in [4.78, 5) is 23.7. The molecule has 1 atom stereocenters. The van der Waals surface area contributed by atoms with E-state index in [4.69, 9.17) is 0 Å². The topological polar surface area (TPSA) is 66.4 Å². The van der Waals surface area contributed by atoms with Crippen molar-refractivity contribution in [2.24, 2.45) is 5.92 Å². The van der Waals surface area contributed by atoms with Gasteiger partial charge in [-0.15, -0.1) is 0 Å². The van der Waals surface area contributed by atoms with Crippen molar-refractivity contribution in [3.63, 3.8) is 0 Å². The predicted octanol–water partition coefficient (Wildman–Crippen LogP) is 2.33. The molecule has 20 heavy (non-hydrogen) atoms. The second-order valence-electron chi connectivity index (χ2n) is 5.94. The Bertz CT molecular complexity index is 492. The highest BCUT2D eigenvalue weighted by molar-refractivity contribution is 5.93. The molecular formula is C16H21NO3. The minimum absolute atomic E-state index is 0.156. The highest BCUT2D eigenvalue weighted by Gasteiger charge is 2.51. The summed E-state index contributed by atoms with van der Waals surface area (Å²) in [6.45, 7) is 3.90. The van der Waals surface area contributed by atoms with E-state index in [1.54, 1.807) is 0 Å². The summed E-state index contributed by atoms with van der Waals surface area (Å²) in [5.41, 5.74) is 0.470. The van der Waals surface area contributed by atoms with E-state index in [0.717, 1.165) is 18.4 Å². The Labute approximate surface area is 119 Å². The number of carboxylic acid groups (broad SMARTS) is 1. The van der Waals surface area contributed by atoms with E-state index in [2.05, 4.69) is 5.32 Å². The van der Waals surface area contributed by atoms with Crippen molar-refractivity contribution >= 4 is 11.9 Å². The van der Waals surface area contributed by atoms with E-state index >= 15 is 0 Å². The maximum atomic E-state index is 12.4. The molecule has 2 rings (SSSR count). The lowest BCUT2D eigenvalue weighted by molar-refractivity contribution is -0.142. The lowest BCUT2D eigenvalue weighted by Crippen LogP contribution is -2.46. The Balaban J connectivity index is 2.09. The van der Waals surface area contributed by atoms with Gasteiger partial charge in [0.1, 0.15) is 6.04 Å². The van der Waals surface area contributed by atoms with Gasteiger partial charge in [-0.05, 0) is 30.7 Å². The zero-order chi connectivity index (χ0) is 14.8. The number of carbonyl (C=O) groups is 2. The number of carbonyl (C=O) groups excluding carboxylic acids is 1. The fourth-order valence-electron chi connectivity index (χ4n) is 2.52. The van der Waals surface area contributed by atoms with Crippen LogP contribution < -0.4 is 5.32 Å². The molecule has 0 spiro atoms. The molecule has 4 nitrogen and oxygen atoms in total. The number of hydrogen-bond donors (Lipinski definition) is 2. The summed E-state index contributed by atoms with van der Waals surface area (Å²) in [6, 6.07) is 8.80. The monoisotopic (exact) mass is 275 g/mol. The average molecular weight is 275 g/mol. The number of nitrogens with one attached hydrogen (secondary N) is 1. The smallest absolute Gasteiger partial charge is 0.326 e. The molecule has 1 aromatic rings. The fourth-order valence-corrected chi connectivity index (χ4v) is 2.52. The quantitative estimate of drug-likeness (QED) is 0.837. The summed E-state index contributed by atoms with van der Waals surface area (Å²) < 4.78 is 0. The van der Waals surface area contributed by atoms with E-state index in [1.165, 1.54) is 0 Å². The summed E-state index contributed by atoms with van der Waals surface area (Å²) >= 11 is 0. The number of rotatable bonds is 6. The van der Waals surface area contributed by atoms with Crippen LogP contribution in [0.25, 0.3) is 0 Å². The molecular weight excluding hydrogens is 254 g/mol. The minimum Gasteiger partial charge on any atom is -0.480 e. The van der Waals surface area contributed by atoms with Crippen molar-refractivity contribution in [1.29, 1.82) is 0 Å². The van der Waals surface area contributed by atoms with Gasteiger partial charge in [0, 0.05) is 0 Å². The van der Waals surface area contributed by atoms with E-state index < -0.39 is 17.4 Å². The highest BCUT2D eigenvalue weighted by Crippen LogP contribution is 2.48. The number of amides is 1. The van der Waals surface area contributed by atoms with Crippen LogP contribution in [0.5, 0.6) is 0 Å². The highest BCUT2D eigenvalue weighted by atomic mass is 16.4. The van der Waals surface area contributed by atoms with Gasteiger partial charge in [0.25, 0.3) is 0 Å². The van der Waals surface area contributed by atoms with Crippen LogP contribution >= 0.6 is 0 Å². The van der Waals surface area contributed by atoms with Gasteiger partial charge in [-0.3, -0.25) is 4.79 Å². The first-order valence-corrected chi connectivity index (χ1v) is 7.05. The van der Waals surface area contributed by atoms with Crippen LogP contribution in [0.3, 0.4) is 0 Å². The number of aliphatic carboxylic acids is 1. The second-order valence-corrected chi connectivity index (χ2v) is 5.94. The van der Waals surface area contributed by atoms with Crippen molar-refractivity contribution < 1.29 is 14.7 Å². The molecule has 1 aliphatic rings. The Morgan fingerprint density at radius 3 is 2.30 bits per heavy atom. The Hall–Kier alpha value is -1.84. The normalized spacial score (nSPS) is 17.6. The molecule has 0 bridgehead atoms. The van der Waals surface area contributed by atoms with E-state index in [9.17, 15) is 14.7 Å². The summed E-state index contributed by atoms with van der Waals surface area (Å²) in [5, 5.41) is 11.9. The van der Waals surface area contributed by atoms with Crippen LogP contribution in [0.4, 0.5) is 0 Å². The van der Waals surface area contributed by atoms with Gasteiger partial charge >= 0.3 is 5.97 Å². The Morgan fingerprint density at radius 2 is 1.85 bits per heavy atom. The van der Waals surface area contributed by atoms with Crippen LogP contribution in [-0.4, -0.2) is 23.0 Å². The van der Waals surface area contributed by atoms with Crippen molar-refractivity contribution in [3.05, 3.63) is 35.9 Å². The first-order chi connectivity index (χ1) is 9.45. The zero-order valence-corrected chi connectivity index (χ0v) is 11.9. The van der Waals surface area contributed by atoms with Crippen LogP contribution in [0.1, 0.15) is 38.7 Å². The number of carboxylic acids is 1. The van der Waals surface area contributed by atoms with Gasteiger partial charge in [-0.1, -0.05) is 44.2 Å². The van der Waals surface area contributed by atoms with Crippen molar-refractivity contribution in [3.8, 4) is 0 Å². The first-order valence-electron chi connectivity index (χ1n) is 7.05. The summed E-state index contributed by atoms with van der Waals surface area (Å²) in [7, 11) is 0. The van der Waals surface area contributed by atoms with Crippen molar-refractivity contribution in [2.45, 2.75) is 44.6 Å². The van der Waals surface area contributed by atoms with Gasteiger partial charge in [0.05, 0.1) is 5.41 Å². The molecule has 1 saturated carbocycles. The van der Waals surface area contributed by atoms with Crippen LogP contribution in [-0.2, 0) is 15.0 Å². The van der Waals surface area contributed by atoms with Crippen LogP contribution in [0.2, 0.25) is 0 Å². The van der Waals surface area contributed by atoms with Crippen LogP contribution in [0.15, 0.2) is 30.3 Å². The first kappa shape index (κ1) is 14.6. The largest absolute Gasteiger partial charge is 0.480 e. The molecule has 1 amide bonds. The van der Waals surface area contributed by atoms with Crippen molar-refractivity contribution in [1.82, 2.24) is 5.32 Å². The van der Waals surface area contributed by atoms with Gasteiger partial charge < -0.3 is 10.4 Å². The van der Waals surface area contributed by atoms with E-state index in [1.807, 2.05) is 44.2 Å². The molecule has 108 valence electrons. The third-order valence-electron chi connectivity index (χ3n) is 3.82. The van der Waals surface area contributed by atoms with Gasteiger partial charge in [0.2, 0.25) is 5.91 Å². The second kappa shape index (κ2) is 5.65. The van der Waals surface area contributed by atoms with E-state index in [-0.39, 0.29) is 11.8 Å². The van der Waals surface area contributed by atoms with Crippen LogP contribution in [0, 0.1) is 5.92 Å². The maximum Gasteiger partial charge on any atom is 0.326 e. The Morgan fingerprint density at radius 1 is 1.25 bits per heavy atom. The molecule has 4 heteroatoms. The lowest BCUT2D eigenvalue weighted by atomic mass is 9.94. The maximum absolute atomic E-state index is 12.4. The molecule has 0 heterocycles. The zero-order valence-electron chi connectivity index (χ0n) is 11.9. The summed E-state index contributed by atoms with van der Waals surface area (Å²) in [6.07, 6.45) is 2.03. The number of benzene rings is 1. The molecule has 0 unspecified atom stereocenters. The molecule has 0 aliphatic heterocycles. The minimum atomic E-state index is -0.962. The average Bonchev–Trinajstić information content (AvgIpc) is 3.19. The standard InChI is InChI=1S/C16H21NO3/c1-11(2)10-13(14(18)19)17-15(20)16(8-9-16)12-6-4-3-5-7-12/h3-7,11,13H,8-10H2,1-2H3,(H,17,20)(H,18,19)/t13-/m1/s1. The molecule has 0 saturated heterocycles. The third-order valence-corrected chi connectivity index (χ3v) is 3.82. The predicted molar refractivity (Wildman–Crippen MR) is 76.4 cm³/mol. The SMILES string of the molecule is CC(C)C[C@@H](NC(=O)C1(c2ccccc2)CC1)C(=O)O. The molecule has 0 radical (unpaired) electrons. The summed E-state index contributed by atoms with van der Waals surface area (Å²) in [5.74, 6) is -0.893. The lowest BCUT2D eigenvalue weighted by Gasteiger charge is -2.21. The fraction of sp³-hybridized carbons (Fsp3) is 0.500. The van der Waals surface area contributed by atoms with Gasteiger partial charge in [-0.2, -0.15) is 0 Å². The molecule has 0 aromatic heterocycles. The van der Waals surface area contributed by atoms with Crippen molar-refractivity contribution in [2.75, 3.05) is 0 Å².